The average molecular weight is 365 g/mol. The molecule has 1 aromatic carbocycles. The number of nitrogens with one attached hydrogen (secondary N) is 1. The topological polar surface area (TPSA) is 107 Å². The normalized spacial score (nSPS) is 11.9. The molecule has 0 aliphatic heterocycles. The number of thiazole rings is 1. The van der Waals surface area contributed by atoms with E-state index in [1.807, 2.05) is 29.8 Å². The summed E-state index contributed by atoms with van der Waals surface area (Å²) in [5, 5.41) is 14.1. The molecule has 0 atom stereocenters. The fraction of sp³-hybridized carbons (Fsp3) is 0.176. The second kappa shape index (κ2) is 5.48. The summed E-state index contributed by atoms with van der Waals surface area (Å²) in [6.45, 7) is 0.770. The monoisotopic (exact) mass is 365 g/mol. The number of hydrogen-bond donors (Lipinski definition) is 2. The minimum Gasteiger partial charge on any atom is -0.325 e. The molecule has 4 heterocycles. The van der Waals surface area contributed by atoms with Crippen LogP contribution in [0.15, 0.2) is 35.4 Å². The molecular formula is C17H15N7OS. The van der Waals surface area contributed by atoms with Gasteiger partial charge in [-0.1, -0.05) is 12.1 Å². The van der Waals surface area contributed by atoms with Crippen LogP contribution in [0.4, 0.5) is 0 Å². The third-order valence-corrected chi connectivity index (χ3v) is 5.74. The zero-order valence-electron chi connectivity index (χ0n) is 13.9. The molecule has 4 aromatic heterocycles. The summed E-state index contributed by atoms with van der Waals surface area (Å²) in [4.78, 5) is 17.6. The van der Waals surface area contributed by atoms with Gasteiger partial charge in [-0.15, -0.1) is 11.3 Å². The fourth-order valence-corrected chi connectivity index (χ4v) is 4.35. The van der Waals surface area contributed by atoms with Gasteiger partial charge in [0.05, 0.1) is 29.2 Å². The number of aromatic amines is 1. The minimum atomic E-state index is -0.134. The molecular weight excluding hydrogens is 350 g/mol. The van der Waals surface area contributed by atoms with Gasteiger partial charge in [-0.3, -0.25) is 9.89 Å². The van der Waals surface area contributed by atoms with Gasteiger partial charge in [-0.25, -0.2) is 9.67 Å². The number of aryl methyl sites for hydroxylation is 1. The first kappa shape index (κ1) is 15.2. The van der Waals surface area contributed by atoms with Gasteiger partial charge in [0.2, 0.25) is 0 Å². The number of hydrogen-bond acceptors (Lipinski definition) is 6. The van der Waals surface area contributed by atoms with Crippen molar-refractivity contribution in [1.82, 2.24) is 29.5 Å². The van der Waals surface area contributed by atoms with Crippen molar-refractivity contribution in [3.05, 3.63) is 51.5 Å². The van der Waals surface area contributed by atoms with Crippen LogP contribution in [0, 0.1) is 0 Å². The molecule has 130 valence electrons. The van der Waals surface area contributed by atoms with E-state index >= 15 is 0 Å². The van der Waals surface area contributed by atoms with E-state index in [4.69, 9.17) is 5.73 Å². The van der Waals surface area contributed by atoms with E-state index in [-0.39, 0.29) is 5.56 Å². The summed E-state index contributed by atoms with van der Waals surface area (Å²) >= 11 is 1.51. The SMILES string of the molecule is Cn1c2nc(CN)sc2c2cnn(Cc3cccc4[nH]ncc34)c(=O)c21. The van der Waals surface area contributed by atoms with E-state index in [2.05, 4.69) is 20.3 Å². The molecule has 0 saturated heterocycles. The molecule has 9 heteroatoms. The molecule has 3 N–H and O–H groups in total. The second-order valence-electron chi connectivity index (χ2n) is 6.14. The van der Waals surface area contributed by atoms with E-state index in [1.165, 1.54) is 16.0 Å². The van der Waals surface area contributed by atoms with Crippen LogP contribution >= 0.6 is 11.3 Å². The van der Waals surface area contributed by atoms with Crippen LogP contribution in [0.3, 0.4) is 0 Å². The minimum absolute atomic E-state index is 0.134. The van der Waals surface area contributed by atoms with Crippen LogP contribution in [0.2, 0.25) is 0 Å². The Morgan fingerprint density at radius 3 is 3.00 bits per heavy atom. The molecule has 0 saturated carbocycles. The van der Waals surface area contributed by atoms with Crippen LogP contribution in [0.25, 0.3) is 32.2 Å². The molecule has 0 amide bonds. The molecule has 8 nitrogen and oxygen atoms in total. The maximum absolute atomic E-state index is 13.1. The lowest BCUT2D eigenvalue weighted by Gasteiger charge is -2.06. The van der Waals surface area contributed by atoms with Crippen molar-refractivity contribution in [2.75, 3.05) is 0 Å². The lowest BCUT2D eigenvalue weighted by molar-refractivity contribution is 0.647. The summed E-state index contributed by atoms with van der Waals surface area (Å²) < 4.78 is 4.27. The summed E-state index contributed by atoms with van der Waals surface area (Å²) in [7, 11) is 1.85. The van der Waals surface area contributed by atoms with E-state index in [9.17, 15) is 4.79 Å². The van der Waals surface area contributed by atoms with Crippen molar-refractivity contribution in [2.24, 2.45) is 12.8 Å². The van der Waals surface area contributed by atoms with E-state index in [0.717, 1.165) is 37.2 Å². The predicted molar refractivity (Wildman–Crippen MR) is 101 cm³/mol. The summed E-state index contributed by atoms with van der Waals surface area (Å²) in [5.74, 6) is 0. The van der Waals surface area contributed by atoms with Gasteiger partial charge in [-0.05, 0) is 11.6 Å². The van der Waals surface area contributed by atoms with Crippen LogP contribution < -0.4 is 11.3 Å². The van der Waals surface area contributed by atoms with Crippen molar-refractivity contribution in [3.8, 4) is 0 Å². The van der Waals surface area contributed by atoms with Gasteiger partial charge in [0.1, 0.15) is 10.5 Å². The van der Waals surface area contributed by atoms with Crippen LogP contribution in [0.5, 0.6) is 0 Å². The van der Waals surface area contributed by atoms with Crippen molar-refractivity contribution in [1.29, 1.82) is 0 Å². The standard InChI is InChI=1S/C17H15N7OS/c1-23-14-11(15-16(23)21-13(5-18)26-15)7-20-24(17(14)25)8-9-3-2-4-12-10(9)6-19-22-12/h2-4,6-7H,5,8,18H2,1H3,(H,19,22). The number of aromatic nitrogens is 6. The van der Waals surface area contributed by atoms with Crippen molar-refractivity contribution in [2.45, 2.75) is 13.1 Å². The fourth-order valence-electron chi connectivity index (χ4n) is 3.36. The van der Waals surface area contributed by atoms with Crippen molar-refractivity contribution in [3.63, 3.8) is 0 Å². The van der Waals surface area contributed by atoms with Gasteiger partial charge in [0.15, 0.2) is 5.65 Å². The quantitative estimate of drug-likeness (QED) is 0.506. The third kappa shape index (κ3) is 2.04. The Labute approximate surface area is 150 Å². The van der Waals surface area contributed by atoms with Gasteiger partial charge in [0.25, 0.3) is 5.56 Å². The molecule has 5 rings (SSSR count). The van der Waals surface area contributed by atoms with Crippen LogP contribution in [0.1, 0.15) is 10.6 Å². The van der Waals surface area contributed by atoms with Gasteiger partial charge in [0, 0.05) is 24.4 Å². The first-order chi connectivity index (χ1) is 12.7. The maximum Gasteiger partial charge on any atom is 0.291 e. The lowest BCUT2D eigenvalue weighted by atomic mass is 10.1. The Morgan fingerprint density at radius 2 is 2.15 bits per heavy atom. The van der Waals surface area contributed by atoms with E-state index in [1.54, 1.807) is 12.4 Å². The van der Waals surface area contributed by atoms with E-state index < -0.39 is 0 Å². The molecule has 0 unspecified atom stereocenters. The number of H-pyrrole nitrogens is 1. The summed E-state index contributed by atoms with van der Waals surface area (Å²) in [6, 6.07) is 5.88. The van der Waals surface area contributed by atoms with Crippen molar-refractivity contribution >= 4 is 43.5 Å². The van der Waals surface area contributed by atoms with Crippen LogP contribution in [-0.2, 0) is 20.1 Å². The highest BCUT2D eigenvalue weighted by Crippen LogP contribution is 2.30. The maximum atomic E-state index is 13.1. The van der Waals surface area contributed by atoms with Gasteiger partial charge >= 0.3 is 0 Å². The number of benzene rings is 1. The Bertz CT molecular complexity index is 1340. The molecule has 0 radical (unpaired) electrons. The first-order valence-electron chi connectivity index (χ1n) is 8.12. The molecule has 0 aliphatic carbocycles. The van der Waals surface area contributed by atoms with Crippen molar-refractivity contribution < 1.29 is 0 Å². The van der Waals surface area contributed by atoms with Gasteiger partial charge in [-0.2, -0.15) is 10.2 Å². The van der Waals surface area contributed by atoms with E-state index in [0.29, 0.717) is 18.6 Å². The molecule has 0 fully saturated rings. The van der Waals surface area contributed by atoms with Gasteiger partial charge < -0.3 is 10.3 Å². The summed E-state index contributed by atoms with van der Waals surface area (Å²) in [5.41, 5.74) is 8.87. The highest BCUT2D eigenvalue weighted by Gasteiger charge is 2.18. The number of rotatable bonds is 3. The highest BCUT2D eigenvalue weighted by molar-refractivity contribution is 7.19. The summed E-state index contributed by atoms with van der Waals surface area (Å²) in [6.07, 6.45) is 3.51. The number of nitrogens with two attached hydrogens (primary N) is 1. The molecule has 0 bridgehead atoms. The molecule has 0 aliphatic rings. The lowest BCUT2D eigenvalue weighted by Crippen LogP contribution is -2.24. The predicted octanol–water partition coefficient (Wildman–Crippen LogP) is 1.73. The first-order valence-corrected chi connectivity index (χ1v) is 8.94. The Kier molecular flexibility index (Phi) is 3.21. The average Bonchev–Trinajstić information content (AvgIpc) is 3.34. The Balaban J connectivity index is 1.70. The zero-order valence-corrected chi connectivity index (χ0v) is 14.7. The Hall–Kier alpha value is -3.04. The largest absolute Gasteiger partial charge is 0.325 e. The molecule has 26 heavy (non-hydrogen) atoms. The highest BCUT2D eigenvalue weighted by atomic mass is 32.1. The number of nitrogens with zero attached hydrogens (tertiary/aromatic N) is 5. The Morgan fingerprint density at radius 1 is 1.27 bits per heavy atom. The second-order valence-corrected chi connectivity index (χ2v) is 7.23. The smallest absolute Gasteiger partial charge is 0.291 e. The zero-order chi connectivity index (χ0) is 17.8. The third-order valence-electron chi connectivity index (χ3n) is 4.64. The van der Waals surface area contributed by atoms with Crippen LogP contribution in [-0.4, -0.2) is 29.5 Å². The molecule has 5 aromatic rings. The number of fused-ring (bicyclic) bond motifs is 4. The molecule has 0 spiro atoms.